The molecular weight excluding hydrogens is 344 g/mol. The van der Waals surface area contributed by atoms with Crippen LogP contribution in [0.1, 0.15) is 43.1 Å². The summed E-state index contributed by atoms with van der Waals surface area (Å²) in [5, 5.41) is 2.31. The summed E-state index contributed by atoms with van der Waals surface area (Å²) in [6, 6.07) is 4.43. The summed E-state index contributed by atoms with van der Waals surface area (Å²) in [7, 11) is 0. The lowest BCUT2D eigenvalue weighted by Gasteiger charge is -1.98. The Morgan fingerprint density at radius 1 is 0.840 bits per heavy atom. The number of hydrogen-bond acceptors (Lipinski definition) is 4. The van der Waals surface area contributed by atoms with Crippen LogP contribution in [0, 0.1) is 0 Å². The average molecular weight is 363 g/mol. The molecule has 0 fully saturated rings. The first-order valence-electron chi connectivity index (χ1n) is 8.66. The topological polar surface area (TPSA) is 25.8 Å². The van der Waals surface area contributed by atoms with Crippen LogP contribution in [0.15, 0.2) is 47.6 Å². The van der Waals surface area contributed by atoms with Crippen molar-refractivity contribution in [3.63, 3.8) is 0 Å². The van der Waals surface area contributed by atoms with Crippen molar-refractivity contribution in [2.45, 2.75) is 33.1 Å². The van der Waals surface area contributed by atoms with Crippen molar-refractivity contribution in [3.8, 4) is 0 Å². The number of nitrogens with zero attached hydrogens (tertiary/aromatic N) is 2. The molecule has 0 aliphatic heterocycles. The van der Waals surface area contributed by atoms with Crippen LogP contribution in [0.2, 0.25) is 0 Å². The number of fused-ring (bicyclic) bond motifs is 2. The molecule has 2 aliphatic rings. The fourth-order valence-corrected chi connectivity index (χ4v) is 5.41. The molecule has 124 valence electrons. The third-order valence-electron chi connectivity index (χ3n) is 4.88. The zero-order valence-electron chi connectivity index (χ0n) is 14.3. The van der Waals surface area contributed by atoms with Gasteiger partial charge in [-0.25, -0.2) is 9.97 Å². The van der Waals surface area contributed by atoms with Gasteiger partial charge in [-0.15, -0.1) is 22.7 Å². The first-order chi connectivity index (χ1) is 12.2. The second-order valence-electron chi connectivity index (χ2n) is 6.75. The summed E-state index contributed by atoms with van der Waals surface area (Å²) >= 11 is 3.57. The number of benzene rings is 1. The number of allylic oxidation sites excluding steroid dienone is 8. The molecule has 25 heavy (non-hydrogen) atoms. The SMILES string of the molecule is CCC1=CC=C(c2nc3cc4sc(C5=CC=C(C)C5)nc4cc3s2)C1. The highest BCUT2D eigenvalue weighted by molar-refractivity contribution is 7.21. The maximum Gasteiger partial charge on any atom is 0.120 e. The van der Waals surface area contributed by atoms with Crippen molar-refractivity contribution in [3.05, 3.63) is 57.6 Å². The monoisotopic (exact) mass is 362 g/mol. The summed E-state index contributed by atoms with van der Waals surface area (Å²) in [5.74, 6) is 0. The summed E-state index contributed by atoms with van der Waals surface area (Å²) in [6.45, 7) is 4.39. The third-order valence-corrected chi connectivity index (χ3v) is 7.06. The summed E-state index contributed by atoms with van der Waals surface area (Å²) in [6.07, 6.45) is 12.1. The Kier molecular flexibility index (Phi) is 3.50. The molecule has 4 heteroatoms. The van der Waals surface area contributed by atoms with E-state index >= 15 is 0 Å². The van der Waals surface area contributed by atoms with Gasteiger partial charge in [0.2, 0.25) is 0 Å². The molecule has 5 rings (SSSR count). The van der Waals surface area contributed by atoms with E-state index in [1.165, 1.54) is 31.7 Å². The van der Waals surface area contributed by atoms with E-state index < -0.39 is 0 Å². The van der Waals surface area contributed by atoms with Crippen molar-refractivity contribution >= 4 is 54.3 Å². The lowest BCUT2D eigenvalue weighted by Crippen LogP contribution is -1.81. The van der Waals surface area contributed by atoms with Crippen LogP contribution in [0.25, 0.3) is 31.6 Å². The highest BCUT2D eigenvalue weighted by atomic mass is 32.1. The molecular formula is C21H18N2S2. The molecule has 0 radical (unpaired) electrons. The van der Waals surface area contributed by atoms with Gasteiger partial charge in [-0.2, -0.15) is 0 Å². The molecule has 0 atom stereocenters. The minimum Gasteiger partial charge on any atom is -0.236 e. The van der Waals surface area contributed by atoms with Gasteiger partial charge in [0.05, 0.1) is 20.4 Å². The highest BCUT2D eigenvalue weighted by Crippen LogP contribution is 2.38. The number of rotatable bonds is 3. The molecule has 2 nitrogen and oxygen atoms in total. The maximum absolute atomic E-state index is 4.90. The van der Waals surface area contributed by atoms with Crippen LogP contribution in [0.4, 0.5) is 0 Å². The zero-order chi connectivity index (χ0) is 17.0. The van der Waals surface area contributed by atoms with Gasteiger partial charge in [-0.05, 0) is 49.5 Å². The van der Waals surface area contributed by atoms with Gasteiger partial charge < -0.3 is 0 Å². The molecule has 0 saturated carbocycles. The number of aromatic nitrogens is 2. The van der Waals surface area contributed by atoms with E-state index in [2.05, 4.69) is 50.3 Å². The van der Waals surface area contributed by atoms with Crippen molar-refractivity contribution < 1.29 is 0 Å². The van der Waals surface area contributed by atoms with Crippen molar-refractivity contribution in [1.29, 1.82) is 0 Å². The van der Waals surface area contributed by atoms with Crippen molar-refractivity contribution in [1.82, 2.24) is 9.97 Å². The normalized spacial score (nSPS) is 17.2. The quantitative estimate of drug-likeness (QED) is 0.514. The fourth-order valence-electron chi connectivity index (χ4n) is 3.40. The second-order valence-corrected chi connectivity index (χ2v) is 8.82. The van der Waals surface area contributed by atoms with Crippen LogP contribution < -0.4 is 0 Å². The first kappa shape index (κ1) is 15.2. The van der Waals surface area contributed by atoms with Crippen LogP contribution in [-0.2, 0) is 0 Å². The zero-order valence-corrected chi connectivity index (χ0v) is 15.9. The van der Waals surface area contributed by atoms with Crippen molar-refractivity contribution in [2.24, 2.45) is 0 Å². The Morgan fingerprint density at radius 2 is 1.44 bits per heavy atom. The van der Waals surface area contributed by atoms with Gasteiger partial charge in [0, 0.05) is 0 Å². The van der Waals surface area contributed by atoms with Gasteiger partial charge in [0.1, 0.15) is 10.0 Å². The molecule has 2 heterocycles. The van der Waals surface area contributed by atoms with E-state index in [9.17, 15) is 0 Å². The Labute approximate surface area is 154 Å². The van der Waals surface area contributed by atoms with E-state index in [0.717, 1.165) is 40.3 Å². The van der Waals surface area contributed by atoms with E-state index in [4.69, 9.17) is 9.97 Å². The van der Waals surface area contributed by atoms with E-state index in [1.807, 2.05) is 0 Å². The number of hydrogen-bond donors (Lipinski definition) is 0. The van der Waals surface area contributed by atoms with Crippen molar-refractivity contribution in [2.75, 3.05) is 0 Å². The molecule has 3 aromatic rings. The maximum atomic E-state index is 4.90. The Hall–Kier alpha value is -2.04. The lowest BCUT2D eigenvalue weighted by molar-refractivity contribution is 1.06. The Bertz CT molecular complexity index is 1080. The predicted molar refractivity (Wildman–Crippen MR) is 110 cm³/mol. The second kappa shape index (κ2) is 5.75. The van der Waals surface area contributed by atoms with Crippen LogP contribution in [0.3, 0.4) is 0 Å². The van der Waals surface area contributed by atoms with Crippen LogP contribution in [0.5, 0.6) is 0 Å². The molecule has 0 amide bonds. The van der Waals surface area contributed by atoms with Gasteiger partial charge in [-0.3, -0.25) is 0 Å². The summed E-state index contributed by atoms with van der Waals surface area (Å²) in [5.41, 5.74) is 7.80. The Balaban J connectivity index is 1.51. The lowest BCUT2D eigenvalue weighted by atomic mass is 10.1. The molecule has 2 aromatic heterocycles. The standard InChI is InChI=1S/C21H18N2S2/c1-3-13-5-7-15(9-13)21-23-17-11-18-16(10-19(17)25-21)22-20(24-18)14-6-4-12(2)8-14/h4-7,10-11H,3,8-9H2,1-2H3. The minimum atomic E-state index is 1.03. The van der Waals surface area contributed by atoms with Gasteiger partial charge in [0.25, 0.3) is 0 Å². The molecule has 0 bridgehead atoms. The minimum absolute atomic E-state index is 1.03. The van der Waals surface area contributed by atoms with E-state index in [1.54, 1.807) is 22.7 Å². The van der Waals surface area contributed by atoms with Crippen LogP contribution in [-0.4, -0.2) is 9.97 Å². The van der Waals surface area contributed by atoms with Gasteiger partial charge in [0.15, 0.2) is 0 Å². The molecule has 0 unspecified atom stereocenters. The molecule has 2 aliphatic carbocycles. The average Bonchev–Trinajstić information content (AvgIpc) is 3.36. The van der Waals surface area contributed by atoms with E-state index in [-0.39, 0.29) is 0 Å². The molecule has 0 N–H and O–H groups in total. The van der Waals surface area contributed by atoms with Crippen LogP contribution >= 0.6 is 22.7 Å². The first-order valence-corrected chi connectivity index (χ1v) is 10.3. The van der Waals surface area contributed by atoms with Gasteiger partial charge in [-0.1, -0.05) is 42.4 Å². The molecule has 0 spiro atoms. The largest absolute Gasteiger partial charge is 0.236 e. The highest BCUT2D eigenvalue weighted by Gasteiger charge is 2.16. The summed E-state index contributed by atoms with van der Waals surface area (Å²) in [4.78, 5) is 9.79. The smallest absolute Gasteiger partial charge is 0.120 e. The molecule has 1 aromatic carbocycles. The fraction of sp³-hybridized carbons (Fsp3) is 0.238. The van der Waals surface area contributed by atoms with E-state index in [0.29, 0.717) is 0 Å². The predicted octanol–water partition coefficient (Wildman–Crippen LogP) is 6.76. The summed E-state index contributed by atoms with van der Waals surface area (Å²) < 4.78 is 2.47. The number of thiazole rings is 2. The van der Waals surface area contributed by atoms with Gasteiger partial charge >= 0.3 is 0 Å². The molecule has 0 saturated heterocycles. The third kappa shape index (κ3) is 2.60. The Morgan fingerprint density at radius 3 is 1.96 bits per heavy atom.